The average molecular weight is 216 g/mol. The summed E-state index contributed by atoms with van der Waals surface area (Å²) in [6.45, 7) is 3.08. The summed E-state index contributed by atoms with van der Waals surface area (Å²) in [6.07, 6.45) is 7.50. The molecule has 1 atom stereocenters. The Morgan fingerprint density at radius 3 is 2.75 bits per heavy atom. The highest BCUT2D eigenvalue weighted by Gasteiger charge is 2.12. The summed E-state index contributed by atoms with van der Waals surface area (Å²) in [6, 6.07) is 10.1. The molecule has 2 rings (SSSR count). The molecule has 0 bridgehead atoms. The number of ether oxygens (including phenoxy) is 1. The Labute approximate surface area is 98.1 Å². The second kappa shape index (κ2) is 5.74. The molecule has 0 saturated carbocycles. The van der Waals surface area contributed by atoms with Crippen molar-refractivity contribution in [3.63, 3.8) is 0 Å². The van der Waals surface area contributed by atoms with Crippen molar-refractivity contribution in [1.29, 1.82) is 0 Å². The molecule has 0 amide bonds. The maximum absolute atomic E-state index is 5.67. The first kappa shape index (κ1) is 11.3. The molecule has 1 unspecified atom stereocenters. The quantitative estimate of drug-likeness (QED) is 0.529. The minimum atomic E-state index is 0.805. The lowest BCUT2D eigenvalue weighted by Crippen LogP contribution is -2.00. The first-order valence-corrected chi connectivity index (χ1v) is 6.20. The molecule has 0 fully saturated rings. The highest BCUT2D eigenvalue weighted by atomic mass is 16.5. The second-order valence-electron chi connectivity index (χ2n) is 4.62. The van der Waals surface area contributed by atoms with Crippen molar-refractivity contribution < 1.29 is 4.74 Å². The standard InChI is InChI=1S/C15H20O/c1-13-9-10-14(12-13)6-5-11-16-15-7-3-2-4-8-15/h2-4,7-8,12,14H,5-6,9-11H2,1H3. The first-order chi connectivity index (χ1) is 7.84. The van der Waals surface area contributed by atoms with Gasteiger partial charge in [-0.15, -0.1) is 0 Å². The third-order valence-corrected chi connectivity index (χ3v) is 3.16. The van der Waals surface area contributed by atoms with Crippen LogP contribution in [-0.4, -0.2) is 6.61 Å². The molecule has 0 aliphatic heterocycles. The van der Waals surface area contributed by atoms with E-state index in [2.05, 4.69) is 13.0 Å². The first-order valence-electron chi connectivity index (χ1n) is 6.20. The normalized spacial score (nSPS) is 19.6. The van der Waals surface area contributed by atoms with Crippen LogP contribution in [0, 0.1) is 5.92 Å². The van der Waals surface area contributed by atoms with Gasteiger partial charge in [0.15, 0.2) is 0 Å². The van der Waals surface area contributed by atoms with Crippen molar-refractivity contribution in [3.05, 3.63) is 42.0 Å². The molecule has 1 aliphatic rings. The van der Waals surface area contributed by atoms with E-state index >= 15 is 0 Å². The van der Waals surface area contributed by atoms with Crippen LogP contribution in [-0.2, 0) is 0 Å². The largest absolute Gasteiger partial charge is 0.494 e. The lowest BCUT2D eigenvalue weighted by Gasteiger charge is -2.08. The Hall–Kier alpha value is -1.24. The molecular weight excluding hydrogens is 196 g/mol. The van der Waals surface area contributed by atoms with Crippen LogP contribution < -0.4 is 4.74 Å². The summed E-state index contributed by atoms with van der Waals surface area (Å²) >= 11 is 0. The van der Waals surface area contributed by atoms with Crippen molar-refractivity contribution in [2.45, 2.75) is 32.6 Å². The van der Waals surface area contributed by atoms with E-state index in [4.69, 9.17) is 4.74 Å². The zero-order valence-electron chi connectivity index (χ0n) is 9.99. The fourth-order valence-electron chi connectivity index (χ4n) is 2.26. The van der Waals surface area contributed by atoms with E-state index in [0.717, 1.165) is 24.7 Å². The van der Waals surface area contributed by atoms with Gasteiger partial charge >= 0.3 is 0 Å². The highest BCUT2D eigenvalue weighted by Crippen LogP contribution is 2.27. The zero-order chi connectivity index (χ0) is 11.2. The van der Waals surface area contributed by atoms with Crippen LogP contribution in [0.3, 0.4) is 0 Å². The molecule has 0 N–H and O–H groups in total. The molecule has 1 aromatic rings. The highest BCUT2D eigenvalue weighted by molar-refractivity contribution is 5.20. The van der Waals surface area contributed by atoms with Crippen LogP contribution >= 0.6 is 0 Å². The van der Waals surface area contributed by atoms with E-state index in [-0.39, 0.29) is 0 Å². The number of allylic oxidation sites excluding steroid dienone is 2. The van der Waals surface area contributed by atoms with E-state index in [1.54, 1.807) is 5.57 Å². The van der Waals surface area contributed by atoms with Gasteiger partial charge in [-0.2, -0.15) is 0 Å². The summed E-state index contributed by atoms with van der Waals surface area (Å²) in [4.78, 5) is 0. The van der Waals surface area contributed by atoms with E-state index in [1.807, 2.05) is 30.3 Å². The zero-order valence-corrected chi connectivity index (χ0v) is 9.99. The molecule has 0 saturated heterocycles. The van der Waals surface area contributed by atoms with E-state index in [9.17, 15) is 0 Å². The van der Waals surface area contributed by atoms with Crippen molar-refractivity contribution in [2.75, 3.05) is 6.61 Å². The maximum Gasteiger partial charge on any atom is 0.119 e. The number of hydrogen-bond donors (Lipinski definition) is 0. The molecule has 1 nitrogen and oxygen atoms in total. The van der Waals surface area contributed by atoms with E-state index in [0.29, 0.717) is 0 Å². The van der Waals surface area contributed by atoms with Crippen LogP contribution in [0.1, 0.15) is 32.6 Å². The van der Waals surface area contributed by atoms with Crippen LogP contribution in [0.4, 0.5) is 0 Å². The minimum Gasteiger partial charge on any atom is -0.494 e. The van der Waals surface area contributed by atoms with Gasteiger partial charge in [0.1, 0.15) is 5.75 Å². The molecular formula is C15H20O. The summed E-state index contributed by atoms with van der Waals surface area (Å²) in [5, 5.41) is 0. The predicted octanol–water partition coefficient (Wildman–Crippen LogP) is 4.20. The lowest BCUT2D eigenvalue weighted by molar-refractivity contribution is 0.298. The van der Waals surface area contributed by atoms with Crippen LogP contribution in [0.5, 0.6) is 5.75 Å². The van der Waals surface area contributed by atoms with E-state index < -0.39 is 0 Å². The van der Waals surface area contributed by atoms with Gasteiger partial charge in [-0.1, -0.05) is 29.8 Å². The molecule has 0 spiro atoms. The SMILES string of the molecule is CC1=CC(CCCOc2ccccc2)CC1. The fraction of sp³-hybridized carbons (Fsp3) is 0.467. The number of para-hydroxylation sites is 1. The molecule has 16 heavy (non-hydrogen) atoms. The summed E-state index contributed by atoms with van der Waals surface area (Å²) in [5.74, 6) is 1.79. The molecule has 1 heteroatoms. The Balaban J connectivity index is 1.62. The molecule has 0 heterocycles. The summed E-state index contributed by atoms with van der Waals surface area (Å²) < 4.78 is 5.67. The summed E-state index contributed by atoms with van der Waals surface area (Å²) in [7, 11) is 0. The Bertz CT molecular complexity index is 340. The minimum absolute atomic E-state index is 0.805. The molecule has 86 valence electrons. The topological polar surface area (TPSA) is 9.23 Å². The van der Waals surface area contributed by atoms with Gasteiger partial charge in [0, 0.05) is 0 Å². The molecule has 1 aromatic carbocycles. The van der Waals surface area contributed by atoms with Crippen LogP contribution in [0.25, 0.3) is 0 Å². The van der Waals surface area contributed by atoms with Gasteiger partial charge in [-0.05, 0) is 50.7 Å². The fourth-order valence-corrected chi connectivity index (χ4v) is 2.26. The molecule has 1 aliphatic carbocycles. The van der Waals surface area contributed by atoms with Crippen molar-refractivity contribution in [3.8, 4) is 5.75 Å². The van der Waals surface area contributed by atoms with Crippen molar-refractivity contribution in [1.82, 2.24) is 0 Å². The van der Waals surface area contributed by atoms with Crippen LogP contribution in [0.2, 0.25) is 0 Å². The Morgan fingerprint density at radius 1 is 1.25 bits per heavy atom. The number of benzene rings is 1. The number of hydrogen-bond acceptors (Lipinski definition) is 1. The smallest absolute Gasteiger partial charge is 0.119 e. The maximum atomic E-state index is 5.67. The third-order valence-electron chi connectivity index (χ3n) is 3.16. The van der Waals surface area contributed by atoms with Gasteiger partial charge in [0.2, 0.25) is 0 Å². The third kappa shape index (κ3) is 3.41. The van der Waals surface area contributed by atoms with E-state index in [1.165, 1.54) is 19.3 Å². The average Bonchev–Trinajstić information content (AvgIpc) is 2.72. The van der Waals surface area contributed by atoms with Gasteiger partial charge in [0.05, 0.1) is 6.61 Å². The molecule has 0 aromatic heterocycles. The van der Waals surface area contributed by atoms with Crippen molar-refractivity contribution >= 4 is 0 Å². The van der Waals surface area contributed by atoms with Gasteiger partial charge < -0.3 is 4.74 Å². The van der Waals surface area contributed by atoms with Gasteiger partial charge in [-0.3, -0.25) is 0 Å². The van der Waals surface area contributed by atoms with Gasteiger partial charge in [0.25, 0.3) is 0 Å². The Kier molecular flexibility index (Phi) is 4.03. The monoisotopic (exact) mass is 216 g/mol. The van der Waals surface area contributed by atoms with Crippen molar-refractivity contribution in [2.24, 2.45) is 5.92 Å². The number of rotatable bonds is 5. The Morgan fingerprint density at radius 2 is 2.06 bits per heavy atom. The van der Waals surface area contributed by atoms with Crippen LogP contribution in [0.15, 0.2) is 42.0 Å². The lowest BCUT2D eigenvalue weighted by atomic mass is 10.0. The second-order valence-corrected chi connectivity index (χ2v) is 4.62. The van der Waals surface area contributed by atoms with Gasteiger partial charge in [-0.25, -0.2) is 0 Å². The summed E-state index contributed by atoms with van der Waals surface area (Å²) in [5.41, 5.74) is 1.56. The predicted molar refractivity (Wildman–Crippen MR) is 67.7 cm³/mol. The molecule has 0 radical (unpaired) electrons.